The van der Waals surface area contributed by atoms with Crippen LogP contribution in [0.1, 0.15) is 6.42 Å². The number of esters is 1. The van der Waals surface area contributed by atoms with E-state index in [2.05, 4.69) is 4.74 Å². The Kier molecular flexibility index (Phi) is 4.44. The summed E-state index contributed by atoms with van der Waals surface area (Å²) in [6.07, 6.45) is 0.466. The van der Waals surface area contributed by atoms with Gasteiger partial charge < -0.3 is 10.5 Å². The molecule has 0 aromatic carbocycles. The zero-order valence-electron chi connectivity index (χ0n) is 5.26. The summed E-state index contributed by atoms with van der Waals surface area (Å²) in [6, 6.07) is -0.563. The standard InChI is InChI=1S/C5H10ClNO2/c1-9-5(8)4(7)2-3-6/h4H,2-3,7H2,1H3/t4-/m1/s1. The first-order valence-electron chi connectivity index (χ1n) is 2.61. The van der Waals surface area contributed by atoms with Gasteiger partial charge in [0.25, 0.3) is 0 Å². The highest BCUT2D eigenvalue weighted by Gasteiger charge is 2.11. The van der Waals surface area contributed by atoms with Crippen LogP contribution in [-0.4, -0.2) is 25.0 Å². The quantitative estimate of drug-likeness (QED) is 0.460. The Bertz CT molecular complexity index is 97.0. The fourth-order valence-corrected chi connectivity index (χ4v) is 0.622. The molecule has 2 N–H and O–H groups in total. The monoisotopic (exact) mass is 151 g/mol. The van der Waals surface area contributed by atoms with Crippen LogP contribution >= 0.6 is 11.6 Å². The van der Waals surface area contributed by atoms with Gasteiger partial charge in [-0.05, 0) is 6.42 Å². The summed E-state index contributed by atoms with van der Waals surface area (Å²) in [4.78, 5) is 10.5. The van der Waals surface area contributed by atoms with Crippen LogP contribution < -0.4 is 5.73 Å². The van der Waals surface area contributed by atoms with Gasteiger partial charge in [0.1, 0.15) is 6.04 Å². The average molecular weight is 152 g/mol. The van der Waals surface area contributed by atoms with E-state index in [1.807, 2.05) is 0 Å². The molecular formula is C5H10ClNO2. The summed E-state index contributed by atoms with van der Waals surface area (Å²) in [7, 11) is 1.30. The summed E-state index contributed by atoms with van der Waals surface area (Å²) in [5.74, 6) is -0.0216. The molecule has 0 amide bonds. The van der Waals surface area contributed by atoms with Crippen LogP contribution in [0.2, 0.25) is 0 Å². The molecule has 4 heteroatoms. The molecule has 3 nitrogen and oxygen atoms in total. The Morgan fingerprint density at radius 1 is 1.89 bits per heavy atom. The number of alkyl halides is 1. The van der Waals surface area contributed by atoms with Crippen LogP contribution in [0.5, 0.6) is 0 Å². The number of carbonyl (C=O) groups excluding carboxylic acids is 1. The van der Waals surface area contributed by atoms with E-state index in [-0.39, 0.29) is 0 Å². The van der Waals surface area contributed by atoms with Crippen LogP contribution in [0, 0.1) is 0 Å². The van der Waals surface area contributed by atoms with Crippen molar-refractivity contribution in [1.29, 1.82) is 0 Å². The Morgan fingerprint density at radius 2 is 2.44 bits per heavy atom. The first-order valence-corrected chi connectivity index (χ1v) is 3.15. The van der Waals surface area contributed by atoms with Crippen molar-refractivity contribution >= 4 is 17.6 Å². The minimum absolute atomic E-state index is 0.385. The third-order valence-electron chi connectivity index (χ3n) is 0.924. The summed E-state index contributed by atoms with van der Waals surface area (Å²) in [5, 5.41) is 0. The summed E-state index contributed by atoms with van der Waals surface area (Å²) in [6.45, 7) is 0. The fraction of sp³-hybridized carbons (Fsp3) is 0.800. The molecule has 0 unspecified atom stereocenters. The lowest BCUT2D eigenvalue weighted by molar-refractivity contribution is -0.142. The minimum Gasteiger partial charge on any atom is -0.468 e. The van der Waals surface area contributed by atoms with E-state index in [9.17, 15) is 4.79 Å². The highest BCUT2D eigenvalue weighted by Crippen LogP contribution is 1.92. The lowest BCUT2D eigenvalue weighted by Gasteiger charge is -2.04. The van der Waals surface area contributed by atoms with Crippen molar-refractivity contribution in [3.63, 3.8) is 0 Å². The first-order chi connectivity index (χ1) is 4.22. The highest BCUT2D eigenvalue weighted by molar-refractivity contribution is 6.18. The first kappa shape index (κ1) is 8.72. The topological polar surface area (TPSA) is 52.3 Å². The Labute approximate surface area is 59.1 Å². The van der Waals surface area contributed by atoms with E-state index in [1.165, 1.54) is 7.11 Å². The maximum atomic E-state index is 10.5. The van der Waals surface area contributed by atoms with Gasteiger partial charge in [0.05, 0.1) is 7.11 Å². The lowest BCUT2D eigenvalue weighted by atomic mass is 10.2. The van der Waals surface area contributed by atoms with Crippen LogP contribution in [0.4, 0.5) is 0 Å². The summed E-state index contributed by atoms with van der Waals surface area (Å²) < 4.78 is 4.34. The van der Waals surface area contributed by atoms with Gasteiger partial charge in [0.2, 0.25) is 0 Å². The summed E-state index contributed by atoms with van der Waals surface area (Å²) in [5.41, 5.74) is 5.28. The van der Waals surface area contributed by atoms with Gasteiger partial charge in [0, 0.05) is 5.88 Å². The number of nitrogens with two attached hydrogens (primary N) is 1. The van der Waals surface area contributed by atoms with Crippen LogP contribution in [0.15, 0.2) is 0 Å². The Hall–Kier alpha value is -0.280. The molecule has 0 aliphatic carbocycles. The molecule has 0 saturated carbocycles. The molecule has 0 aromatic heterocycles. The van der Waals surface area contributed by atoms with Crippen LogP contribution in [0.25, 0.3) is 0 Å². The van der Waals surface area contributed by atoms with Gasteiger partial charge in [0.15, 0.2) is 0 Å². The highest BCUT2D eigenvalue weighted by atomic mass is 35.5. The number of rotatable bonds is 3. The van der Waals surface area contributed by atoms with Crippen molar-refractivity contribution in [2.45, 2.75) is 12.5 Å². The van der Waals surface area contributed by atoms with E-state index in [0.717, 1.165) is 0 Å². The largest absolute Gasteiger partial charge is 0.468 e. The van der Waals surface area contributed by atoms with E-state index in [4.69, 9.17) is 17.3 Å². The molecule has 54 valence electrons. The van der Waals surface area contributed by atoms with Crippen molar-refractivity contribution in [3.8, 4) is 0 Å². The predicted molar refractivity (Wildman–Crippen MR) is 35.3 cm³/mol. The smallest absolute Gasteiger partial charge is 0.322 e. The molecular weight excluding hydrogens is 142 g/mol. The second kappa shape index (κ2) is 4.58. The van der Waals surface area contributed by atoms with Gasteiger partial charge in [-0.2, -0.15) is 0 Å². The van der Waals surface area contributed by atoms with Gasteiger partial charge in [-0.15, -0.1) is 11.6 Å². The molecule has 0 bridgehead atoms. The molecule has 0 heterocycles. The maximum absolute atomic E-state index is 10.5. The van der Waals surface area contributed by atoms with Crippen molar-refractivity contribution in [3.05, 3.63) is 0 Å². The number of hydrogen-bond donors (Lipinski definition) is 1. The fourth-order valence-electron chi connectivity index (χ4n) is 0.387. The van der Waals surface area contributed by atoms with Crippen molar-refractivity contribution in [2.24, 2.45) is 5.73 Å². The summed E-state index contributed by atoms with van der Waals surface area (Å²) >= 11 is 5.31. The zero-order valence-corrected chi connectivity index (χ0v) is 6.02. The Balaban J connectivity index is 3.45. The molecule has 0 radical (unpaired) electrons. The average Bonchev–Trinajstić information content (AvgIpc) is 1.87. The second-order valence-corrected chi connectivity index (χ2v) is 1.99. The molecule has 9 heavy (non-hydrogen) atoms. The second-order valence-electron chi connectivity index (χ2n) is 1.61. The van der Waals surface area contributed by atoms with Crippen molar-refractivity contribution in [2.75, 3.05) is 13.0 Å². The molecule has 0 aliphatic rings. The van der Waals surface area contributed by atoms with E-state index < -0.39 is 12.0 Å². The third kappa shape index (κ3) is 3.32. The van der Waals surface area contributed by atoms with E-state index >= 15 is 0 Å². The normalized spacial score (nSPS) is 12.8. The molecule has 0 saturated heterocycles. The maximum Gasteiger partial charge on any atom is 0.322 e. The van der Waals surface area contributed by atoms with Crippen molar-refractivity contribution < 1.29 is 9.53 Å². The van der Waals surface area contributed by atoms with E-state index in [1.54, 1.807) is 0 Å². The number of ether oxygens (including phenoxy) is 1. The van der Waals surface area contributed by atoms with Crippen molar-refractivity contribution in [1.82, 2.24) is 0 Å². The number of carbonyl (C=O) groups is 1. The van der Waals surface area contributed by atoms with Gasteiger partial charge in [-0.1, -0.05) is 0 Å². The molecule has 0 fully saturated rings. The molecule has 0 aromatic rings. The minimum atomic E-state index is -0.563. The SMILES string of the molecule is COC(=O)[C@H](N)CCCl. The molecule has 0 aliphatic heterocycles. The number of methoxy groups -OCH3 is 1. The van der Waals surface area contributed by atoms with Gasteiger partial charge >= 0.3 is 5.97 Å². The van der Waals surface area contributed by atoms with Crippen LogP contribution in [-0.2, 0) is 9.53 Å². The predicted octanol–water partition coefficient (Wildman–Crippen LogP) is 0.116. The molecule has 0 spiro atoms. The lowest BCUT2D eigenvalue weighted by Crippen LogP contribution is -2.31. The van der Waals surface area contributed by atoms with E-state index in [0.29, 0.717) is 12.3 Å². The number of halogens is 1. The molecule has 1 atom stereocenters. The van der Waals surface area contributed by atoms with Crippen LogP contribution in [0.3, 0.4) is 0 Å². The van der Waals surface area contributed by atoms with Gasteiger partial charge in [-0.25, -0.2) is 0 Å². The Morgan fingerprint density at radius 3 is 2.78 bits per heavy atom. The third-order valence-corrected chi connectivity index (χ3v) is 1.14. The van der Waals surface area contributed by atoms with Gasteiger partial charge in [-0.3, -0.25) is 4.79 Å². The molecule has 0 rings (SSSR count). The zero-order chi connectivity index (χ0) is 7.28. The number of hydrogen-bond acceptors (Lipinski definition) is 3.